The van der Waals surface area contributed by atoms with E-state index in [1.54, 1.807) is 32.2 Å². The molecule has 31 heavy (non-hydrogen) atoms. The smallest absolute Gasteiger partial charge is 0.315 e. The van der Waals surface area contributed by atoms with Gasteiger partial charge in [-0.15, -0.1) is 0 Å². The number of carbonyl (C=O) groups is 2. The Balaban J connectivity index is 1.84. The van der Waals surface area contributed by atoms with Gasteiger partial charge in [-0.1, -0.05) is 36.4 Å². The fraction of sp³-hybridized carbons (Fsp3) is 0.320. The first-order valence-corrected chi connectivity index (χ1v) is 10.2. The maximum atomic E-state index is 14.8. The molecule has 0 bridgehead atoms. The molecule has 1 heterocycles. The van der Waals surface area contributed by atoms with Crippen LogP contribution in [0.3, 0.4) is 0 Å². The minimum Gasteiger partial charge on any atom is -0.496 e. The summed E-state index contributed by atoms with van der Waals surface area (Å²) in [4.78, 5) is 30.7. The molecule has 0 amide bonds. The maximum absolute atomic E-state index is 14.8. The Morgan fingerprint density at radius 1 is 1.03 bits per heavy atom. The summed E-state index contributed by atoms with van der Waals surface area (Å²) in [6.07, 6.45) is 0.754. The number of Topliss-reactive ketones (excluding diaryl/α,β-unsaturated/α-hetero) is 1. The van der Waals surface area contributed by atoms with Gasteiger partial charge in [0.1, 0.15) is 17.5 Å². The van der Waals surface area contributed by atoms with Crippen LogP contribution in [0.2, 0.25) is 0 Å². The number of hydrogen-bond donors (Lipinski definition) is 0. The number of methoxy groups -OCH3 is 2. The van der Waals surface area contributed by atoms with E-state index in [2.05, 4.69) is 4.99 Å². The van der Waals surface area contributed by atoms with Gasteiger partial charge in [0.25, 0.3) is 0 Å². The van der Waals surface area contributed by atoms with Crippen LogP contribution < -0.4 is 4.74 Å². The summed E-state index contributed by atoms with van der Waals surface area (Å²) in [5.41, 5.74) is 2.79. The van der Waals surface area contributed by atoms with Gasteiger partial charge in [0.05, 0.1) is 14.2 Å². The molecule has 0 fully saturated rings. The second-order valence-corrected chi connectivity index (χ2v) is 7.88. The molecule has 0 saturated heterocycles. The number of allylic oxidation sites excluding steroid dienone is 2. The number of rotatable bonds is 4. The number of nitrogens with zero attached hydrogens (tertiary/aromatic N) is 1. The SMILES string of the molecule is COC(=O)C1C(C)=NC2=C(C(=O)C[C@@H](c3ccccc3OC)C2)[C@@H]1c1ccccc1F. The summed E-state index contributed by atoms with van der Waals surface area (Å²) < 4.78 is 25.3. The molecule has 6 heteroatoms. The molecule has 2 aliphatic rings. The molecule has 1 unspecified atom stereocenters. The molecule has 4 rings (SSSR count). The number of esters is 1. The Bertz CT molecular complexity index is 1100. The quantitative estimate of drug-likeness (QED) is 0.678. The van der Waals surface area contributed by atoms with Crippen LogP contribution in [0.5, 0.6) is 5.75 Å². The van der Waals surface area contributed by atoms with Crippen LogP contribution in [-0.4, -0.2) is 31.7 Å². The van der Waals surface area contributed by atoms with Gasteiger partial charge in [0.15, 0.2) is 5.78 Å². The summed E-state index contributed by atoms with van der Waals surface area (Å²) >= 11 is 0. The Hall–Kier alpha value is -3.28. The largest absolute Gasteiger partial charge is 0.496 e. The molecule has 2 aromatic rings. The molecule has 0 saturated carbocycles. The van der Waals surface area contributed by atoms with E-state index in [1.807, 2.05) is 24.3 Å². The number of hydrogen-bond acceptors (Lipinski definition) is 5. The van der Waals surface area contributed by atoms with E-state index < -0.39 is 23.6 Å². The summed E-state index contributed by atoms with van der Waals surface area (Å²) in [6, 6.07) is 13.9. The van der Waals surface area contributed by atoms with E-state index in [-0.39, 0.29) is 18.1 Å². The molecule has 1 aliphatic heterocycles. The Labute approximate surface area is 180 Å². The van der Waals surface area contributed by atoms with E-state index in [0.717, 1.165) is 11.3 Å². The molecular formula is C25H24FNO4. The van der Waals surface area contributed by atoms with Crippen LogP contribution in [0.1, 0.15) is 42.7 Å². The first kappa shape index (κ1) is 21.0. The van der Waals surface area contributed by atoms with Crippen molar-refractivity contribution < 1.29 is 23.5 Å². The first-order chi connectivity index (χ1) is 15.0. The topological polar surface area (TPSA) is 65.0 Å². The van der Waals surface area contributed by atoms with Crippen molar-refractivity contribution in [2.24, 2.45) is 10.9 Å². The number of ketones is 1. The van der Waals surface area contributed by atoms with Gasteiger partial charge < -0.3 is 9.47 Å². The van der Waals surface area contributed by atoms with Crippen molar-refractivity contribution in [3.8, 4) is 5.75 Å². The second-order valence-electron chi connectivity index (χ2n) is 7.88. The molecule has 160 valence electrons. The van der Waals surface area contributed by atoms with Gasteiger partial charge in [-0.2, -0.15) is 0 Å². The highest BCUT2D eigenvalue weighted by Gasteiger charge is 2.45. The van der Waals surface area contributed by atoms with Crippen LogP contribution in [-0.2, 0) is 14.3 Å². The van der Waals surface area contributed by atoms with Crippen LogP contribution in [0.25, 0.3) is 0 Å². The monoisotopic (exact) mass is 421 g/mol. The highest BCUT2D eigenvalue weighted by Crippen LogP contribution is 2.48. The van der Waals surface area contributed by atoms with E-state index in [0.29, 0.717) is 29.0 Å². The highest BCUT2D eigenvalue weighted by atomic mass is 19.1. The second kappa shape index (κ2) is 8.46. The van der Waals surface area contributed by atoms with E-state index >= 15 is 0 Å². The molecule has 0 radical (unpaired) electrons. The third-order valence-electron chi connectivity index (χ3n) is 6.16. The normalized spacial score (nSPS) is 23.2. The van der Waals surface area contributed by atoms with Crippen LogP contribution in [0.15, 0.2) is 64.8 Å². The Morgan fingerprint density at radius 2 is 1.71 bits per heavy atom. The number of carbonyl (C=O) groups excluding carboxylic acids is 2. The summed E-state index contributed by atoms with van der Waals surface area (Å²) in [7, 11) is 2.89. The van der Waals surface area contributed by atoms with Crippen LogP contribution >= 0.6 is 0 Å². The third kappa shape index (κ3) is 3.67. The standard InChI is InChI=1S/C25H24FNO4/c1-14-22(25(29)31-3)23(17-9-4-6-10-18(17)26)24-19(27-14)12-15(13-20(24)28)16-8-5-7-11-21(16)30-2/h4-11,15,22-23H,12-13H2,1-3H3/t15-,22?,23+/m0/s1. The van der Waals surface area contributed by atoms with Gasteiger partial charge in [-0.05, 0) is 36.6 Å². The predicted molar refractivity (Wildman–Crippen MR) is 115 cm³/mol. The number of benzene rings is 2. The van der Waals surface area contributed by atoms with Crippen molar-refractivity contribution in [1.29, 1.82) is 0 Å². The molecule has 3 atom stereocenters. The summed E-state index contributed by atoms with van der Waals surface area (Å²) in [5, 5.41) is 0. The van der Waals surface area contributed by atoms with Crippen molar-refractivity contribution >= 4 is 17.5 Å². The number of ether oxygens (including phenoxy) is 2. The first-order valence-electron chi connectivity index (χ1n) is 10.2. The van der Waals surface area contributed by atoms with E-state index in [9.17, 15) is 14.0 Å². The van der Waals surface area contributed by atoms with Crippen molar-refractivity contribution in [3.63, 3.8) is 0 Å². The fourth-order valence-electron chi connectivity index (χ4n) is 4.78. The van der Waals surface area contributed by atoms with Gasteiger partial charge in [0.2, 0.25) is 0 Å². The highest BCUT2D eigenvalue weighted by molar-refractivity contribution is 6.09. The average molecular weight is 421 g/mol. The van der Waals surface area contributed by atoms with Crippen molar-refractivity contribution in [2.75, 3.05) is 14.2 Å². The van der Waals surface area contributed by atoms with Gasteiger partial charge in [-0.25, -0.2) is 4.39 Å². The predicted octanol–water partition coefficient (Wildman–Crippen LogP) is 4.58. The Morgan fingerprint density at radius 3 is 2.39 bits per heavy atom. The number of halogens is 1. The Kier molecular flexibility index (Phi) is 5.72. The minimum atomic E-state index is -0.840. The lowest BCUT2D eigenvalue weighted by Crippen LogP contribution is -2.38. The molecule has 0 aromatic heterocycles. The molecule has 1 aliphatic carbocycles. The van der Waals surface area contributed by atoms with E-state index in [4.69, 9.17) is 9.47 Å². The van der Waals surface area contributed by atoms with Crippen LogP contribution in [0.4, 0.5) is 4.39 Å². The van der Waals surface area contributed by atoms with Crippen molar-refractivity contribution in [3.05, 3.63) is 76.7 Å². The van der Waals surface area contributed by atoms with Gasteiger partial charge in [-0.3, -0.25) is 14.6 Å². The molecule has 2 aromatic carbocycles. The summed E-state index contributed by atoms with van der Waals surface area (Å²) in [6.45, 7) is 1.73. The lowest BCUT2D eigenvalue weighted by molar-refractivity contribution is -0.143. The zero-order chi connectivity index (χ0) is 22.1. The third-order valence-corrected chi connectivity index (χ3v) is 6.16. The maximum Gasteiger partial charge on any atom is 0.315 e. The average Bonchev–Trinajstić information content (AvgIpc) is 2.78. The fourth-order valence-corrected chi connectivity index (χ4v) is 4.78. The van der Waals surface area contributed by atoms with Crippen molar-refractivity contribution in [1.82, 2.24) is 0 Å². The van der Waals surface area contributed by atoms with Gasteiger partial charge >= 0.3 is 5.97 Å². The molecule has 0 spiro atoms. The molecule has 5 nitrogen and oxygen atoms in total. The lowest BCUT2D eigenvalue weighted by atomic mass is 9.69. The zero-order valence-corrected chi connectivity index (χ0v) is 17.7. The molecular weight excluding hydrogens is 397 g/mol. The summed E-state index contributed by atoms with van der Waals surface area (Å²) in [5.74, 6) is -2.09. The minimum absolute atomic E-state index is 0.102. The zero-order valence-electron chi connectivity index (χ0n) is 17.7. The number of aliphatic imine (C=N–C) groups is 1. The molecule has 0 N–H and O–H groups in total. The van der Waals surface area contributed by atoms with Crippen LogP contribution in [0, 0.1) is 11.7 Å². The van der Waals surface area contributed by atoms with E-state index in [1.165, 1.54) is 13.2 Å². The lowest BCUT2D eigenvalue weighted by Gasteiger charge is -2.36. The van der Waals surface area contributed by atoms with Gasteiger partial charge in [0, 0.05) is 35.2 Å². The van der Waals surface area contributed by atoms with Crippen molar-refractivity contribution in [2.45, 2.75) is 31.6 Å². The number of para-hydroxylation sites is 1.